The summed E-state index contributed by atoms with van der Waals surface area (Å²) in [5.74, 6) is 3.09. The lowest BCUT2D eigenvalue weighted by atomic mass is 10.2. The van der Waals surface area contributed by atoms with Gasteiger partial charge in [0, 0.05) is 49.2 Å². The maximum absolute atomic E-state index is 12.4. The number of fused-ring (bicyclic) bond motifs is 2. The van der Waals surface area contributed by atoms with Crippen LogP contribution >= 0.6 is 11.3 Å². The molecular formula is C22H23N9O2S. The van der Waals surface area contributed by atoms with Gasteiger partial charge < -0.3 is 14.8 Å². The van der Waals surface area contributed by atoms with Crippen LogP contribution in [0.5, 0.6) is 0 Å². The number of rotatable bonds is 6. The zero-order valence-electron chi connectivity index (χ0n) is 18.7. The second kappa shape index (κ2) is 7.62. The van der Waals surface area contributed by atoms with Crippen molar-refractivity contribution < 1.29 is 0 Å². The number of allylic oxidation sites excluding steroid dienone is 1. The van der Waals surface area contributed by atoms with E-state index in [1.54, 1.807) is 11.6 Å². The van der Waals surface area contributed by atoms with E-state index < -0.39 is 11.2 Å². The second-order valence-electron chi connectivity index (χ2n) is 8.94. The molecule has 11 nitrogen and oxygen atoms in total. The number of H-pyrrole nitrogens is 1. The Morgan fingerprint density at radius 1 is 1.24 bits per heavy atom. The van der Waals surface area contributed by atoms with Crippen LogP contribution in [0.1, 0.15) is 19.4 Å². The van der Waals surface area contributed by atoms with Crippen LogP contribution in [0.25, 0.3) is 21.7 Å². The number of thiazole rings is 1. The van der Waals surface area contributed by atoms with Crippen LogP contribution in [-0.4, -0.2) is 47.1 Å². The number of aryl methyl sites for hydroxylation is 1. The maximum Gasteiger partial charge on any atom is 0.329 e. The molecule has 1 saturated carbocycles. The Balaban J connectivity index is 1.18. The Hall–Kier alpha value is -3.80. The molecule has 0 spiro atoms. The number of aromatic amines is 1. The summed E-state index contributed by atoms with van der Waals surface area (Å²) >= 11 is 1.49. The van der Waals surface area contributed by atoms with Gasteiger partial charge in [-0.15, -0.1) is 11.3 Å². The Bertz CT molecular complexity index is 1520. The monoisotopic (exact) mass is 477 g/mol. The predicted molar refractivity (Wildman–Crippen MR) is 130 cm³/mol. The van der Waals surface area contributed by atoms with E-state index in [2.05, 4.69) is 41.7 Å². The first-order valence-electron chi connectivity index (χ1n) is 11.0. The summed E-state index contributed by atoms with van der Waals surface area (Å²) in [5, 5.41) is 5.93. The van der Waals surface area contributed by atoms with Gasteiger partial charge in [0.25, 0.3) is 5.56 Å². The zero-order chi connectivity index (χ0) is 23.6. The minimum absolute atomic E-state index is 0.309. The molecule has 2 unspecified atom stereocenters. The molecule has 1 aliphatic carbocycles. The molecule has 2 N–H and O–H groups in total. The summed E-state index contributed by atoms with van der Waals surface area (Å²) in [7, 11) is 1.57. The lowest BCUT2D eigenvalue weighted by Crippen LogP contribution is -2.29. The number of aromatic nitrogens is 7. The van der Waals surface area contributed by atoms with Crippen molar-refractivity contribution in [3.8, 4) is 10.6 Å². The largest absolute Gasteiger partial charge is 0.342 e. The quantitative estimate of drug-likeness (QED) is 0.432. The summed E-state index contributed by atoms with van der Waals surface area (Å²) in [6.07, 6.45) is 6.52. The van der Waals surface area contributed by atoms with Crippen LogP contribution in [0.3, 0.4) is 0 Å². The summed E-state index contributed by atoms with van der Waals surface area (Å²) in [6, 6.07) is -0.317. The smallest absolute Gasteiger partial charge is 0.329 e. The summed E-state index contributed by atoms with van der Waals surface area (Å²) in [6.45, 7) is 8.13. The van der Waals surface area contributed by atoms with Gasteiger partial charge in [0.2, 0.25) is 5.95 Å². The number of nitrogens with one attached hydrogen (secondary N) is 2. The fourth-order valence-corrected chi connectivity index (χ4v) is 5.23. The van der Waals surface area contributed by atoms with E-state index >= 15 is 0 Å². The van der Waals surface area contributed by atoms with Gasteiger partial charge in [0.15, 0.2) is 11.2 Å². The van der Waals surface area contributed by atoms with Crippen LogP contribution in [-0.2, 0) is 7.05 Å². The van der Waals surface area contributed by atoms with Crippen LogP contribution < -0.4 is 21.5 Å². The van der Waals surface area contributed by atoms with Gasteiger partial charge in [0.1, 0.15) is 10.8 Å². The SMILES string of the molecule is C=C(Nc1csc(-c2cnc(N3CC4CC4C3)nc2)n1)[C@H](C)n1cnc2c1c(=O)[nH]c(=O)n2C. The summed E-state index contributed by atoms with van der Waals surface area (Å²) in [5.41, 5.74) is 1.13. The lowest BCUT2D eigenvalue weighted by Gasteiger charge is -2.17. The average molecular weight is 478 g/mol. The van der Waals surface area contributed by atoms with Crippen LogP contribution in [0, 0.1) is 11.8 Å². The lowest BCUT2D eigenvalue weighted by molar-refractivity contribution is 0.645. The van der Waals surface area contributed by atoms with Crippen molar-refractivity contribution in [3.63, 3.8) is 0 Å². The molecule has 6 rings (SSSR count). The molecule has 2 fully saturated rings. The van der Waals surface area contributed by atoms with E-state index in [1.165, 1.54) is 28.7 Å². The third-order valence-electron chi connectivity index (χ3n) is 6.69. The molecule has 0 radical (unpaired) electrons. The maximum atomic E-state index is 12.4. The van der Waals surface area contributed by atoms with Crippen molar-refractivity contribution in [2.75, 3.05) is 23.3 Å². The minimum atomic E-state index is -0.503. The highest BCUT2D eigenvalue weighted by molar-refractivity contribution is 7.13. The average Bonchev–Trinajstić information content (AvgIpc) is 3.23. The fraction of sp³-hybridized carbons (Fsp3) is 0.364. The van der Waals surface area contributed by atoms with Gasteiger partial charge in [-0.2, -0.15) is 0 Å². The Morgan fingerprint density at radius 2 is 1.97 bits per heavy atom. The molecule has 1 saturated heterocycles. The molecule has 34 heavy (non-hydrogen) atoms. The van der Waals surface area contributed by atoms with Crippen molar-refractivity contribution in [3.05, 3.63) is 57.2 Å². The predicted octanol–water partition coefficient (Wildman–Crippen LogP) is 1.98. The van der Waals surface area contributed by atoms with Gasteiger partial charge in [-0.1, -0.05) is 6.58 Å². The molecule has 1 aliphatic heterocycles. The molecule has 5 heterocycles. The van der Waals surface area contributed by atoms with E-state index in [0.29, 0.717) is 22.7 Å². The van der Waals surface area contributed by atoms with Crippen LogP contribution in [0.4, 0.5) is 11.8 Å². The van der Waals surface area contributed by atoms with Gasteiger partial charge >= 0.3 is 5.69 Å². The molecular weight excluding hydrogens is 454 g/mol. The summed E-state index contributed by atoms with van der Waals surface area (Å²) < 4.78 is 2.99. The van der Waals surface area contributed by atoms with Gasteiger partial charge in [-0.05, 0) is 25.2 Å². The fourth-order valence-electron chi connectivity index (χ4n) is 4.50. The number of anilines is 2. The number of hydrogen-bond acceptors (Lipinski definition) is 9. The highest BCUT2D eigenvalue weighted by Gasteiger charge is 2.45. The molecule has 174 valence electrons. The first kappa shape index (κ1) is 20.8. The van der Waals surface area contributed by atoms with E-state index in [4.69, 9.17) is 0 Å². The van der Waals surface area contributed by atoms with Crippen molar-refractivity contribution in [2.24, 2.45) is 18.9 Å². The third kappa shape index (κ3) is 3.41. The van der Waals surface area contributed by atoms with Crippen molar-refractivity contribution in [1.82, 2.24) is 34.1 Å². The number of hydrogen-bond donors (Lipinski definition) is 2. The third-order valence-corrected chi connectivity index (χ3v) is 7.58. The second-order valence-corrected chi connectivity index (χ2v) is 9.80. The number of imidazole rings is 1. The standard InChI is InChI=1S/C22H23N9O2S/c1-11(12(2)31-10-25-18-17(31)19(32)28-22(33)29(18)3)26-16-9-34-20(27-16)15-5-23-21(24-6-15)30-7-13-4-14(13)8-30/h5-6,9-10,12-14,26H,1,4,7-8H2,2-3H3,(H,28,32,33)/t12-,13?,14?/m0/s1. The zero-order valence-corrected chi connectivity index (χ0v) is 19.5. The van der Waals surface area contributed by atoms with Crippen LogP contribution in [0.2, 0.25) is 0 Å². The number of nitrogens with zero attached hydrogens (tertiary/aromatic N) is 7. The van der Waals surface area contributed by atoms with E-state index in [1.807, 2.05) is 24.7 Å². The normalized spacial score (nSPS) is 19.9. The Kier molecular flexibility index (Phi) is 4.66. The highest BCUT2D eigenvalue weighted by Crippen LogP contribution is 2.45. The first-order chi connectivity index (χ1) is 16.4. The van der Waals surface area contributed by atoms with Crippen molar-refractivity contribution in [1.29, 1.82) is 0 Å². The van der Waals surface area contributed by atoms with E-state index in [9.17, 15) is 9.59 Å². The molecule has 4 aromatic rings. The van der Waals surface area contributed by atoms with Gasteiger partial charge in [-0.3, -0.25) is 14.3 Å². The molecule has 3 atom stereocenters. The van der Waals surface area contributed by atoms with Crippen LogP contribution in [0.15, 0.2) is 46.0 Å². The molecule has 0 bridgehead atoms. The topological polar surface area (TPSA) is 127 Å². The minimum Gasteiger partial charge on any atom is -0.342 e. The van der Waals surface area contributed by atoms with Gasteiger partial charge in [0.05, 0.1) is 12.4 Å². The highest BCUT2D eigenvalue weighted by atomic mass is 32.1. The van der Waals surface area contributed by atoms with Crippen molar-refractivity contribution >= 4 is 34.3 Å². The first-order valence-corrected chi connectivity index (χ1v) is 11.9. The van der Waals surface area contributed by atoms with Gasteiger partial charge in [-0.25, -0.2) is 24.7 Å². The Morgan fingerprint density at radius 3 is 2.71 bits per heavy atom. The Labute approximate surface area is 197 Å². The molecule has 4 aromatic heterocycles. The molecule has 0 aromatic carbocycles. The van der Waals surface area contributed by atoms with E-state index in [0.717, 1.165) is 41.4 Å². The number of piperidine rings is 1. The molecule has 0 amide bonds. The van der Waals surface area contributed by atoms with Crippen molar-refractivity contribution in [2.45, 2.75) is 19.4 Å². The summed E-state index contributed by atoms with van der Waals surface area (Å²) in [4.78, 5) is 46.8. The van der Waals surface area contributed by atoms with E-state index in [-0.39, 0.29) is 6.04 Å². The molecule has 2 aliphatic rings. The molecule has 12 heteroatoms.